The van der Waals surface area contributed by atoms with Crippen molar-refractivity contribution in [3.63, 3.8) is 0 Å². The van der Waals surface area contributed by atoms with Crippen LogP contribution in [-0.4, -0.2) is 12.3 Å². The van der Waals surface area contributed by atoms with E-state index in [-0.39, 0.29) is 5.78 Å². The monoisotopic (exact) mass is 335 g/mol. The number of hydrogen-bond donors (Lipinski definition) is 1. The molecule has 1 aromatic carbocycles. The molecule has 1 atom stereocenters. The van der Waals surface area contributed by atoms with Crippen LogP contribution in [-0.2, 0) is 11.3 Å². The van der Waals surface area contributed by atoms with E-state index in [2.05, 4.69) is 50.4 Å². The van der Waals surface area contributed by atoms with Crippen molar-refractivity contribution >= 4 is 5.78 Å². The molecule has 0 radical (unpaired) electrons. The van der Waals surface area contributed by atoms with E-state index in [0.717, 1.165) is 19.0 Å². The number of carbonyl (C=O) groups is 1. The lowest BCUT2D eigenvalue weighted by molar-refractivity contribution is -0.114. The third kappa shape index (κ3) is 15.7. The van der Waals surface area contributed by atoms with Gasteiger partial charge in [0.05, 0.1) is 0 Å². The Kier molecular flexibility index (Phi) is 19.0. The van der Waals surface area contributed by atoms with Crippen molar-refractivity contribution in [1.82, 2.24) is 5.32 Å². The van der Waals surface area contributed by atoms with Gasteiger partial charge in [-0.25, -0.2) is 0 Å². The summed E-state index contributed by atoms with van der Waals surface area (Å²) >= 11 is 0. The van der Waals surface area contributed by atoms with Crippen molar-refractivity contribution in [3.8, 4) is 0 Å². The van der Waals surface area contributed by atoms with E-state index >= 15 is 0 Å². The minimum absolute atomic E-state index is 0.167. The van der Waals surface area contributed by atoms with Crippen molar-refractivity contribution in [2.45, 2.75) is 87.1 Å². The highest BCUT2D eigenvalue weighted by Crippen LogP contribution is 2.16. The Morgan fingerprint density at radius 3 is 2.17 bits per heavy atom. The normalized spacial score (nSPS) is 10.8. The number of ketones is 1. The quantitative estimate of drug-likeness (QED) is 0.535. The van der Waals surface area contributed by atoms with Gasteiger partial charge < -0.3 is 10.1 Å². The fraction of sp³-hybridized carbons (Fsp3) is 0.682. The van der Waals surface area contributed by atoms with E-state index in [1.807, 2.05) is 13.8 Å². The first-order valence-electron chi connectivity index (χ1n) is 9.73. The summed E-state index contributed by atoms with van der Waals surface area (Å²) in [5.41, 5.74) is 2.82. The highest BCUT2D eigenvalue weighted by molar-refractivity contribution is 5.72. The molecule has 140 valence electrons. The average Bonchev–Trinajstić information content (AvgIpc) is 2.57. The fourth-order valence-electron chi connectivity index (χ4n) is 2.38. The number of nitrogens with one attached hydrogen (secondary N) is 1. The van der Waals surface area contributed by atoms with Gasteiger partial charge in [-0.3, -0.25) is 0 Å². The van der Waals surface area contributed by atoms with Crippen LogP contribution in [0.15, 0.2) is 24.3 Å². The zero-order valence-corrected chi connectivity index (χ0v) is 17.2. The van der Waals surface area contributed by atoms with Gasteiger partial charge in [-0.2, -0.15) is 0 Å². The average molecular weight is 336 g/mol. The van der Waals surface area contributed by atoms with E-state index in [0.29, 0.717) is 0 Å². The van der Waals surface area contributed by atoms with Gasteiger partial charge >= 0.3 is 0 Å². The number of Topliss-reactive ketones (excluding diaryl/α,β-unsaturated/α-hetero) is 1. The summed E-state index contributed by atoms with van der Waals surface area (Å²) in [5, 5.41) is 3.58. The maximum atomic E-state index is 9.44. The van der Waals surface area contributed by atoms with Crippen molar-refractivity contribution in [2.75, 3.05) is 6.54 Å². The Hall–Kier alpha value is -1.15. The molecule has 0 fully saturated rings. The summed E-state index contributed by atoms with van der Waals surface area (Å²) in [6.07, 6.45) is 6.76. The second-order valence-corrected chi connectivity index (χ2v) is 6.22. The third-order valence-electron chi connectivity index (χ3n) is 3.85. The van der Waals surface area contributed by atoms with Gasteiger partial charge in [-0.1, -0.05) is 77.6 Å². The van der Waals surface area contributed by atoms with Crippen molar-refractivity contribution in [3.05, 3.63) is 35.4 Å². The number of aryl methyl sites for hydroxylation is 1. The standard InChI is InChI=1S/C17H29N.C3H6O.C2H6/c1-4-6-10-16(5-2)12-13-18-14-17-11-8-7-9-15(17)3;1-3(2)4;1-2/h7-9,11,16,18H,4-6,10,12-14H2,1-3H3;1-2H3;1-2H3. The van der Waals surface area contributed by atoms with Crippen LogP contribution in [0.5, 0.6) is 0 Å². The molecule has 1 aromatic rings. The smallest absolute Gasteiger partial charge is 0.126 e. The van der Waals surface area contributed by atoms with Gasteiger partial charge in [0.15, 0.2) is 0 Å². The maximum Gasteiger partial charge on any atom is 0.126 e. The molecule has 2 nitrogen and oxygen atoms in total. The lowest BCUT2D eigenvalue weighted by atomic mass is 9.96. The molecule has 0 aromatic heterocycles. The predicted molar refractivity (Wildman–Crippen MR) is 109 cm³/mol. The molecule has 0 bridgehead atoms. The Bertz CT molecular complexity index is 397. The van der Waals surface area contributed by atoms with Crippen LogP contribution in [0.25, 0.3) is 0 Å². The van der Waals surface area contributed by atoms with Crippen molar-refractivity contribution in [1.29, 1.82) is 0 Å². The van der Waals surface area contributed by atoms with E-state index in [1.54, 1.807) is 0 Å². The van der Waals surface area contributed by atoms with E-state index in [1.165, 1.54) is 57.1 Å². The van der Waals surface area contributed by atoms with Crippen LogP contribution in [0.1, 0.15) is 84.8 Å². The molecule has 0 heterocycles. The van der Waals surface area contributed by atoms with E-state index in [9.17, 15) is 4.79 Å². The summed E-state index contributed by atoms with van der Waals surface area (Å²) in [6, 6.07) is 8.64. The summed E-state index contributed by atoms with van der Waals surface area (Å²) in [6.45, 7) is 16.0. The molecule has 0 spiro atoms. The van der Waals surface area contributed by atoms with E-state index < -0.39 is 0 Å². The molecule has 0 aliphatic heterocycles. The molecule has 0 aliphatic rings. The third-order valence-corrected chi connectivity index (χ3v) is 3.85. The Labute approximate surface area is 151 Å². The number of hydrogen-bond acceptors (Lipinski definition) is 2. The SMILES string of the molecule is CC.CC(C)=O.CCCCC(CC)CCNCc1ccccc1C. The molecule has 0 aliphatic carbocycles. The predicted octanol–water partition coefficient (Wildman–Crippen LogP) is 6.31. The van der Waals surface area contributed by atoms with Gasteiger partial charge in [0.25, 0.3) is 0 Å². The van der Waals surface area contributed by atoms with E-state index in [4.69, 9.17) is 0 Å². The molecule has 0 amide bonds. The first-order valence-corrected chi connectivity index (χ1v) is 9.73. The van der Waals surface area contributed by atoms with Crippen LogP contribution in [0.2, 0.25) is 0 Å². The molecular weight excluding hydrogens is 294 g/mol. The van der Waals surface area contributed by atoms with Crippen LogP contribution in [0.3, 0.4) is 0 Å². The maximum absolute atomic E-state index is 9.44. The molecule has 0 saturated carbocycles. The summed E-state index contributed by atoms with van der Waals surface area (Å²) < 4.78 is 0. The van der Waals surface area contributed by atoms with Gasteiger partial charge in [0, 0.05) is 6.54 Å². The minimum Gasteiger partial charge on any atom is -0.313 e. The topological polar surface area (TPSA) is 29.1 Å². The second-order valence-electron chi connectivity index (χ2n) is 6.22. The largest absolute Gasteiger partial charge is 0.313 e. The molecule has 1 rings (SSSR count). The molecule has 24 heavy (non-hydrogen) atoms. The molecule has 0 saturated heterocycles. The number of unbranched alkanes of at least 4 members (excludes halogenated alkanes) is 1. The highest BCUT2D eigenvalue weighted by atomic mass is 16.1. The molecule has 1 unspecified atom stereocenters. The van der Waals surface area contributed by atoms with Gasteiger partial charge in [0.2, 0.25) is 0 Å². The van der Waals surface area contributed by atoms with Crippen LogP contribution in [0, 0.1) is 12.8 Å². The van der Waals surface area contributed by atoms with Gasteiger partial charge in [-0.15, -0.1) is 0 Å². The zero-order chi connectivity index (χ0) is 18.8. The van der Waals surface area contributed by atoms with Gasteiger partial charge in [0.1, 0.15) is 5.78 Å². The fourth-order valence-corrected chi connectivity index (χ4v) is 2.38. The first kappa shape index (κ1) is 25.1. The Morgan fingerprint density at radius 2 is 1.67 bits per heavy atom. The molecular formula is C22H41NO. The second kappa shape index (κ2) is 18.2. The number of carbonyl (C=O) groups excluding carboxylic acids is 1. The minimum atomic E-state index is 0.167. The van der Waals surface area contributed by atoms with Gasteiger partial charge in [-0.05, 0) is 50.8 Å². The number of benzene rings is 1. The lowest BCUT2D eigenvalue weighted by Gasteiger charge is -2.15. The molecule has 2 heteroatoms. The van der Waals surface area contributed by atoms with Crippen LogP contribution < -0.4 is 5.32 Å². The zero-order valence-electron chi connectivity index (χ0n) is 17.2. The molecule has 1 N–H and O–H groups in total. The summed E-state index contributed by atoms with van der Waals surface area (Å²) in [4.78, 5) is 9.44. The highest BCUT2D eigenvalue weighted by Gasteiger charge is 2.05. The number of rotatable bonds is 9. The summed E-state index contributed by atoms with van der Waals surface area (Å²) in [7, 11) is 0. The van der Waals surface area contributed by atoms with Crippen molar-refractivity contribution < 1.29 is 4.79 Å². The summed E-state index contributed by atoms with van der Waals surface area (Å²) in [5.74, 6) is 1.08. The van der Waals surface area contributed by atoms with Crippen LogP contribution in [0.4, 0.5) is 0 Å². The van der Waals surface area contributed by atoms with Crippen LogP contribution >= 0.6 is 0 Å². The first-order chi connectivity index (χ1) is 11.5. The van der Waals surface area contributed by atoms with Crippen molar-refractivity contribution in [2.24, 2.45) is 5.92 Å². The Balaban J connectivity index is 0. The Morgan fingerprint density at radius 1 is 1.08 bits per heavy atom. The lowest BCUT2D eigenvalue weighted by Crippen LogP contribution is -2.18.